The Balaban J connectivity index is 1.59. The van der Waals surface area contributed by atoms with Gasteiger partial charge in [0.25, 0.3) is 17.5 Å². The molecule has 0 aliphatic carbocycles. The summed E-state index contributed by atoms with van der Waals surface area (Å²) < 4.78 is 11.2. The maximum absolute atomic E-state index is 13.1. The first-order chi connectivity index (χ1) is 17.3. The lowest BCUT2D eigenvalue weighted by atomic mass is 10.1. The number of rotatable bonds is 7. The fraction of sp³-hybridized carbons (Fsp3) is 0.115. The average molecular weight is 487 g/mol. The number of non-ortho nitro benzene ring substituents is 1. The number of urea groups is 1. The summed E-state index contributed by atoms with van der Waals surface area (Å²) in [6, 6.07) is 16.9. The van der Waals surface area contributed by atoms with E-state index in [0.717, 1.165) is 4.90 Å². The number of nitrogens with one attached hydrogen (secondary N) is 1. The van der Waals surface area contributed by atoms with E-state index in [1.807, 2.05) is 0 Å². The third-order valence-electron chi connectivity index (χ3n) is 5.47. The maximum atomic E-state index is 13.1. The van der Waals surface area contributed by atoms with Crippen LogP contribution in [0.25, 0.3) is 6.08 Å². The van der Waals surface area contributed by atoms with Crippen molar-refractivity contribution in [3.63, 3.8) is 0 Å². The van der Waals surface area contributed by atoms with Crippen molar-refractivity contribution in [2.45, 2.75) is 13.5 Å². The number of benzene rings is 3. The highest BCUT2D eigenvalue weighted by Crippen LogP contribution is 2.31. The van der Waals surface area contributed by atoms with Crippen LogP contribution in [0.4, 0.5) is 16.2 Å². The zero-order valence-corrected chi connectivity index (χ0v) is 19.4. The lowest BCUT2D eigenvalue weighted by Crippen LogP contribution is -2.54. The lowest BCUT2D eigenvalue weighted by Gasteiger charge is -2.27. The molecule has 0 unspecified atom stereocenters. The van der Waals surface area contributed by atoms with Crippen LogP contribution in [0.5, 0.6) is 11.5 Å². The van der Waals surface area contributed by atoms with Gasteiger partial charge in [0.15, 0.2) is 11.5 Å². The predicted octanol–water partition coefficient (Wildman–Crippen LogP) is 4.16. The van der Waals surface area contributed by atoms with Gasteiger partial charge in [-0.1, -0.05) is 36.4 Å². The van der Waals surface area contributed by atoms with Crippen LogP contribution in [0.1, 0.15) is 16.7 Å². The molecule has 182 valence electrons. The molecule has 3 aromatic carbocycles. The third kappa shape index (κ3) is 4.92. The van der Waals surface area contributed by atoms with Crippen molar-refractivity contribution in [1.82, 2.24) is 5.32 Å². The number of carbonyl (C=O) groups is 3. The monoisotopic (exact) mass is 487 g/mol. The minimum absolute atomic E-state index is 0.0429. The van der Waals surface area contributed by atoms with E-state index in [2.05, 4.69) is 5.32 Å². The van der Waals surface area contributed by atoms with Crippen LogP contribution in [0.15, 0.2) is 72.3 Å². The minimum atomic E-state index is -0.820. The Bertz CT molecular complexity index is 1410. The molecule has 10 nitrogen and oxygen atoms in total. The van der Waals surface area contributed by atoms with Gasteiger partial charge in [-0.25, -0.2) is 9.69 Å². The number of nitro benzene ring substituents is 1. The molecule has 4 amide bonds. The van der Waals surface area contributed by atoms with Gasteiger partial charge in [0.05, 0.1) is 17.7 Å². The number of aryl methyl sites for hydroxylation is 1. The first kappa shape index (κ1) is 24.1. The van der Waals surface area contributed by atoms with Gasteiger partial charge in [-0.15, -0.1) is 0 Å². The third-order valence-corrected chi connectivity index (χ3v) is 5.47. The van der Waals surface area contributed by atoms with Crippen molar-refractivity contribution >= 4 is 35.3 Å². The fourth-order valence-electron chi connectivity index (χ4n) is 3.67. The second kappa shape index (κ2) is 10.1. The normalized spacial score (nSPS) is 14.6. The van der Waals surface area contributed by atoms with Crippen molar-refractivity contribution in [2.24, 2.45) is 0 Å². The van der Waals surface area contributed by atoms with E-state index in [4.69, 9.17) is 9.47 Å². The summed E-state index contributed by atoms with van der Waals surface area (Å²) >= 11 is 0. The van der Waals surface area contributed by atoms with Gasteiger partial charge < -0.3 is 9.47 Å². The number of amides is 4. The average Bonchev–Trinajstić information content (AvgIpc) is 2.86. The number of nitrogens with zero attached hydrogens (tertiary/aromatic N) is 2. The second-order valence-corrected chi connectivity index (χ2v) is 7.87. The maximum Gasteiger partial charge on any atom is 0.335 e. The summed E-state index contributed by atoms with van der Waals surface area (Å²) in [5, 5.41) is 13.2. The number of para-hydroxylation sites is 1. The van der Waals surface area contributed by atoms with Crippen LogP contribution in [0.2, 0.25) is 0 Å². The highest BCUT2D eigenvalue weighted by molar-refractivity contribution is 6.39. The number of hydrogen-bond donors (Lipinski definition) is 1. The zero-order chi connectivity index (χ0) is 25.8. The Labute approximate surface area is 205 Å². The highest BCUT2D eigenvalue weighted by Gasteiger charge is 2.37. The molecular formula is C26H21N3O7. The first-order valence-corrected chi connectivity index (χ1v) is 10.8. The zero-order valence-electron chi connectivity index (χ0n) is 19.4. The van der Waals surface area contributed by atoms with Crippen LogP contribution < -0.4 is 19.7 Å². The Morgan fingerprint density at radius 1 is 1.00 bits per heavy atom. The summed E-state index contributed by atoms with van der Waals surface area (Å²) in [6.45, 7) is 1.82. The summed E-state index contributed by atoms with van der Waals surface area (Å²) in [4.78, 5) is 49.5. The minimum Gasteiger partial charge on any atom is -0.493 e. The van der Waals surface area contributed by atoms with Crippen molar-refractivity contribution < 1.29 is 28.8 Å². The topological polar surface area (TPSA) is 128 Å². The Kier molecular flexibility index (Phi) is 6.77. The van der Waals surface area contributed by atoms with Crippen LogP contribution in [-0.2, 0) is 16.2 Å². The molecule has 1 N–H and O–H groups in total. The largest absolute Gasteiger partial charge is 0.493 e. The highest BCUT2D eigenvalue weighted by atomic mass is 16.6. The number of anilines is 1. The summed E-state index contributed by atoms with van der Waals surface area (Å²) in [7, 11) is 1.43. The number of hydrogen-bond acceptors (Lipinski definition) is 7. The van der Waals surface area contributed by atoms with Gasteiger partial charge in [0.1, 0.15) is 12.2 Å². The van der Waals surface area contributed by atoms with Gasteiger partial charge in [-0.2, -0.15) is 0 Å². The number of imide groups is 2. The van der Waals surface area contributed by atoms with E-state index >= 15 is 0 Å². The van der Waals surface area contributed by atoms with Gasteiger partial charge >= 0.3 is 6.03 Å². The Morgan fingerprint density at radius 3 is 2.50 bits per heavy atom. The van der Waals surface area contributed by atoms with Crippen LogP contribution in [0, 0.1) is 17.0 Å². The van der Waals surface area contributed by atoms with Gasteiger partial charge in [-0.3, -0.25) is 25.0 Å². The van der Waals surface area contributed by atoms with E-state index in [-0.39, 0.29) is 17.9 Å². The molecular weight excluding hydrogens is 466 g/mol. The molecule has 10 heteroatoms. The van der Waals surface area contributed by atoms with Crippen molar-refractivity contribution in [2.75, 3.05) is 12.0 Å². The van der Waals surface area contributed by atoms with Crippen molar-refractivity contribution in [1.29, 1.82) is 0 Å². The molecule has 0 radical (unpaired) electrons. The molecule has 1 aliphatic heterocycles. The van der Waals surface area contributed by atoms with Gasteiger partial charge in [0.2, 0.25) is 0 Å². The molecule has 0 aromatic heterocycles. The number of nitro groups is 1. The molecule has 0 spiro atoms. The standard InChI is InChI=1S/C26H21N3O7/c1-16-6-3-4-9-21(16)28-25(31)20(24(30)27-26(28)32)13-17-10-11-22(23(14-17)35-2)36-15-18-7-5-8-19(12-18)29(33)34/h3-14H,15H2,1-2H3,(H,27,30,32)/b20-13+. The van der Waals surface area contributed by atoms with Gasteiger partial charge in [0, 0.05) is 12.1 Å². The van der Waals surface area contributed by atoms with Crippen LogP contribution in [0.3, 0.4) is 0 Å². The number of methoxy groups -OCH3 is 1. The molecule has 0 bridgehead atoms. The SMILES string of the molecule is COc1cc(/C=C2\C(=O)NC(=O)N(c3ccccc3C)C2=O)ccc1OCc1cccc([N+](=O)[O-])c1. The molecule has 36 heavy (non-hydrogen) atoms. The molecule has 0 atom stereocenters. The second-order valence-electron chi connectivity index (χ2n) is 7.87. The van der Waals surface area contributed by atoms with Crippen LogP contribution >= 0.6 is 0 Å². The molecule has 1 heterocycles. The number of barbiturate groups is 1. The quantitative estimate of drug-likeness (QED) is 0.229. The molecule has 3 aromatic rings. The van der Waals surface area contributed by atoms with Crippen molar-refractivity contribution in [3.8, 4) is 11.5 Å². The van der Waals surface area contributed by atoms with Crippen molar-refractivity contribution in [3.05, 3.63) is 99.1 Å². The van der Waals surface area contributed by atoms with E-state index < -0.39 is 22.8 Å². The first-order valence-electron chi connectivity index (χ1n) is 10.8. The smallest absolute Gasteiger partial charge is 0.335 e. The van der Waals surface area contributed by atoms with E-state index in [0.29, 0.717) is 33.9 Å². The van der Waals surface area contributed by atoms with E-state index in [9.17, 15) is 24.5 Å². The molecule has 1 aliphatic rings. The molecule has 1 saturated heterocycles. The summed E-state index contributed by atoms with van der Waals surface area (Å²) in [5.41, 5.74) is 1.88. The predicted molar refractivity (Wildman–Crippen MR) is 131 cm³/mol. The molecule has 4 rings (SSSR count). The number of ether oxygens (including phenoxy) is 2. The van der Waals surface area contributed by atoms with E-state index in [1.165, 1.54) is 25.3 Å². The summed E-state index contributed by atoms with van der Waals surface area (Å²) in [5.74, 6) is -0.865. The Hall–Kier alpha value is -4.99. The number of carbonyl (C=O) groups excluding carboxylic acids is 3. The van der Waals surface area contributed by atoms with Crippen LogP contribution in [-0.4, -0.2) is 29.9 Å². The lowest BCUT2D eigenvalue weighted by molar-refractivity contribution is -0.384. The van der Waals surface area contributed by atoms with E-state index in [1.54, 1.807) is 61.5 Å². The fourth-order valence-corrected chi connectivity index (χ4v) is 3.67. The molecule has 1 fully saturated rings. The summed E-state index contributed by atoms with van der Waals surface area (Å²) in [6.07, 6.45) is 1.36. The molecule has 0 saturated carbocycles. The van der Waals surface area contributed by atoms with Gasteiger partial charge in [-0.05, 0) is 47.9 Å². The Morgan fingerprint density at radius 2 is 1.78 bits per heavy atom.